The quantitative estimate of drug-likeness (QED) is 0.679. The Balaban J connectivity index is 2.22. The van der Waals surface area contributed by atoms with E-state index in [2.05, 4.69) is 15.0 Å². The summed E-state index contributed by atoms with van der Waals surface area (Å²) in [5.74, 6) is 0.782. The van der Waals surface area contributed by atoms with Crippen molar-refractivity contribution in [1.29, 1.82) is 0 Å². The van der Waals surface area contributed by atoms with E-state index in [0.717, 1.165) is 28.1 Å². The van der Waals surface area contributed by atoms with Crippen molar-refractivity contribution in [2.24, 2.45) is 0 Å². The molecular formula is C13H10Cl2N3+. The van der Waals surface area contributed by atoms with Crippen molar-refractivity contribution < 1.29 is 4.98 Å². The van der Waals surface area contributed by atoms with Crippen molar-refractivity contribution in [2.75, 3.05) is 0 Å². The number of benzene rings is 1. The molecule has 2 heterocycles. The Morgan fingerprint density at radius 1 is 1.22 bits per heavy atom. The van der Waals surface area contributed by atoms with E-state index in [0.29, 0.717) is 10.2 Å². The fourth-order valence-electron chi connectivity index (χ4n) is 1.95. The average Bonchev–Trinajstić information content (AvgIpc) is 2.73. The normalized spacial score (nSPS) is 11.1. The third-order valence-corrected chi connectivity index (χ3v) is 3.25. The molecule has 0 amide bonds. The Hall–Kier alpha value is -1.58. The van der Waals surface area contributed by atoms with Crippen molar-refractivity contribution in [3.63, 3.8) is 0 Å². The standard InChI is InChI=1S/C13H9Cl2N3/c1-7-16-11-6-10(18-12(11)13(15)17-7)8-3-2-4-9(14)5-8/h2-6,18H,1H3/p+1. The lowest BCUT2D eigenvalue weighted by molar-refractivity contribution is -0.359. The van der Waals surface area contributed by atoms with E-state index < -0.39 is 0 Å². The molecule has 3 aromatic rings. The average molecular weight is 279 g/mol. The molecule has 90 valence electrons. The van der Waals surface area contributed by atoms with Gasteiger partial charge in [-0.1, -0.05) is 23.7 Å². The van der Waals surface area contributed by atoms with Crippen molar-refractivity contribution in [3.8, 4) is 11.3 Å². The molecule has 3 rings (SSSR count). The van der Waals surface area contributed by atoms with Gasteiger partial charge in [0, 0.05) is 18.0 Å². The second-order valence-electron chi connectivity index (χ2n) is 4.10. The first-order valence-electron chi connectivity index (χ1n) is 5.47. The van der Waals surface area contributed by atoms with E-state index in [-0.39, 0.29) is 0 Å². The zero-order valence-corrected chi connectivity index (χ0v) is 11.1. The van der Waals surface area contributed by atoms with Crippen molar-refractivity contribution in [1.82, 2.24) is 9.97 Å². The molecule has 0 aliphatic heterocycles. The summed E-state index contributed by atoms with van der Waals surface area (Å²) in [4.78, 5) is 10.6. The van der Waals surface area contributed by atoms with E-state index in [4.69, 9.17) is 23.2 Å². The van der Waals surface area contributed by atoms with E-state index in [1.54, 1.807) is 0 Å². The number of fused-ring (bicyclic) bond motifs is 1. The minimum Gasteiger partial charge on any atom is -0.347 e. The van der Waals surface area contributed by atoms with Gasteiger partial charge in [-0.15, -0.1) is 0 Å². The number of aromatic amines is 2. The van der Waals surface area contributed by atoms with Gasteiger partial charge >= 0.3 is 0 Å². The molecule has 2 N–H and O–H groups in total. The Kier molecular flexibility index (Phi) is 2.73. The summed E-state index contributed by atoms with van der Waals surface area (Å²) in [6.45, 7) is 1.87. The van der Waals surface area contributed by atoms with Crippen LogP contribution in [-0.4, -0.2) is 9.97 Å². The van der Waals surface area contributed by atoms with E-state index in [1.807, 2.05) is 37.3 Å². The number of nitrogens with one attached hydrogen (secondary N) is 2. The van der Waals surface area contributed by atoms with Crippen LogP contribution >= 0.6 is 23.2 Å². The van der Waals surface area contributed by atoms with Gasteiger partial charge in [-0.25, -0.2) is 4.98 Å². The molecule has 0 aliphatic carbocycles. The molecule has 0 saturated carbocycles. The molecule has 0 bridgehead atoms. The maximum atomic E-state index is 6.11. The first kappa shape index (κ1) is 11.5. The van der Waals surface area contributed by atoms with Crippen LogP contribution in [0.2, 0.25) is 10.2 Å². The highest BCUT2D eigenvalue weighted by atomic mass is 35.5. The molecule has 2 aromatic heterocycles. The molecule has 18 heavy (non-hydrogen) atoms. The van der Waals surface area contributed by atoms with Gasteiger partial charge in [0.25, 0.3) is 11.0 Å². The third kappa shape index (κ3) is 1.96. The fourth-order valence-corrected chi connectivity index (χ4v) is 2.42. The second-order valence-corrected chi connectivity index (χ2v) is 4.89. The van der Waals surface area contributed by atoms with E-state index in [9.17, 15) is 0 Å². The zero-order chi connectivity index (χ0) is 12.7. The number of rotatable bonds is 1. The third-order valence-electron chi connectivity index (χ3n) is 2.74. The van der Waals surface area contributed by atoms with Crippen molar-refractivity contribution >= 4 is 34.2 Å². The molecule has 0 unspecified atom stereocenters. The van der Waals surface area contributed by atoms with Crippen LogP contribution in [0.4, 0.5) is 0 Å². The summed E-state index contributed by atoms with van der Waals surface area (Å²) >= 11 is 12.1. The smallest absolute Gasteiger partial charge is 0.295 e. The summed E-state index contributed by atoms with van der Waals surface area (Å²) < 4.78 is 0. The van der Waals surface area contributed by atoms with Gasteiger partial charge in [0.1, 0.15) is 0 Å². The predicted octanol–water partition coefficient (Wildman–Crippen LogP) is 3.66. The van der Waals surface area contributed by atoms with Crippen LogP contribution in [0.25, 0.3) is 22.3 Å². The summed E-state index contributed by atoms with van der Waals surface area (Å²) in [5, 5.41) is 1.17. The van der Waals surface area contributed by atoms with Crippen LogP contribution in [0, 0.1) is 6.92 Å². The minimum absolute atomic E-state index is 0.467. The molecule has 0 fully saturated rings. The predicted molar refractivity (Wildman–Crippen MR) is 72.8 cm³/mol. The first-order chi connectivity index (χ1) is 8.63. The van der Waals surface area contributed by atoms with Crippen LogP contribution in [0.3, 0.4) is 0 Å². The highest BCUT2D eigenvalue weighted by molar-refractivity contribution is 6.33. The molecule has 0 radical (unpaired) electrons. The Morgan fingerprint density at radius 3 is 2.83 bits per heavy atom. The summed E-state index contributed by atoms with van der Waals surface area (Å²) in [6, 6.07) is 9.66. The molecular weight excluding hydrogens is 269 g/mol. The number of hydrogen-bond acceptors (Lipinski definition) is 1. The Labute approximate surface area is 114 Å². The topological polar surface area (TPSA) is 42.8 Å². The number of halogens is 2. The highest BCUT2D eigenvalue weighted by Gasteiger charge is 2.14. The monoisotopic (exact) mass is 278 g/mol. The maximum absolute atomic E-state index is 6.11. The molecule has 0 atom stereocenters. The van der Waals surface area contributed by atoms with Crippen LogP contribution < -0.4 is 4.98 Å². The molecule has 0 spiro atoms. The fraction of sp³-hybridized carbons (Fsp3) is 0.0769. The van der Waals surface area contributed by atoms with Gasteiger partial charge in [-0.2, -0.15) is 0 Å². The van der Waals surface area contributed by atoms with Crippen LogP contribution in [0.5, 0.6) is 0 Å². The largest absolute Gasteiger partial charge is 0.347 e. The van der Waals surface area contributed by atoms with E-state index >= 15 is 0 Å². The second kappa shape index (κ2) is 4.26. The van der Waals surface area contributed by atoms with Crippen LogP contribution in [-0.2, 0) is 0 Å². The summed E-state index contributed by atoms with van der Waals surface area (Å²) in [7, 11) is 0. The molecule has 0 saturated heterocycles. The van der Waals surface area contributed by atoms with E-state index in [1.165, 1.54) is 0 Å². The molecule has 5 heteroatoms. The number of nitrogens with zero attached hydrogens (tertiary/aromatic N) is 1. The molecule has 3 nitrogen and oxygen atoms in total. The van der Waals surface area contributed by atoms with Crippen LogP contribution in [0.15, 0.2) is 30.3 Å². The van der Waals surface area contributed by atoms with Crippen LogP contribution in [0.1, 0.15) is 5.82 Å². The number of aromatic nitrogens is 3. The van der Waals surface area contributed by atoms with Gasteiger partial charge in [0.15, 0.2) is 11.0 Å². The lowest BCUT2D eigenvalue weighted by Gasteiger charge is -1.97. The summed E-state index contributed by atoms with van der Waals surface area (Å²) in [5.41, 5.74) is 3.71. The Morgan fingerprint density at radius 2 is 2.06 bits per heavy atom. The molecule has 1 aromatic carbocycles. The minimum atomic E-state index is 0.467. The maximum Gasteiger partial charge on any atom is 0.295 e. The SMILES string of the molecule is Cc1nc(Cl)c2[nH]c(-c3cccc(Cl)c3)cc2[nH+]1. The van der Waals surface area contributed by atoms with Crippen molar-refractivity contribution in [2.45, 2.75) is 6.92 Å². The lowest BCUT2D eigenvalue weighted by atomic mass is 10.1. The summed E-state index contributed by atoms with van der Waals surface area (Å²) in [6.07, 6.45) is 0. The Bertz CT molecular complexity index is 734. The van der Waals surface area contributed by atoms with Gasteiger partial charge in [0.2, 0.25) is 0 Å². The van der Waals surface area contributed by atoms with Gasteiger partial charge in [-0.3, -0.25) is 0 Å². The van der Waals surface area contributed by atoms with Gasteiger partial charge < -0.3 is 4.98 Å². The van der Waals surface area contributed by atoms with Gasteiger partial charge in [-0.05, 0) is 34.3 Å². The highest BCUT2D eigenvalue weighted by Crippen LogP contribution is 2.26. The molecule has 0 aliphatic rings. The lowest BCUT2D eigenvalue weighted by Crippen LogP contribution is -2.10. The first-order valence-corrected chi connectivity index (χ1v) is 6.23. The number of aryl methyl sites for hydroxylation is 1. The number of hydrogen-bond donors (Lipinski definition) is 1. The van der Waals surface area contributed by atoms with Gasteiger partial charge in [0.05, 0.1) is 5.69 Å². The van der Waals surface area contributed by atoms with Crippen molar-refractivity contribution in [3.05, 3.63) is 46.3 Å². The zero-order valence-electron chi connectivity index (χ0n) is 9.59. The number of H-pyrrole nitrogens is 2.